The van der Waals surface area contributed by atoms with Crippen LogP contribution in [0.3, 0.4) is 0 Å². The highest BCUT2D eigenvalue weighted by Crippen LogP contribution is 2.41. The van der Waals surface area contributed by atoms with E-state index in [9.17, 15) is 18.0 Å². The lowest BCUT2D eigenvalue weighted by molar-refractivity contribution is -0.137. The summed E-state index contributed by atoms with van der Waals surface area (Å²) in [5.74, 6) is 0.225. The second kappa shape index (κ2) is 10.2. The Kier molecular flexibility index (Phi) is 7.37. The molecule has 1 aliphatic rings. The number of carbonyl (C=O) groups is 1. The maximum absolute atomic E-state index is 13.3. The molecule has 1 aromatic heterocycles. The Morgan fingerprint density at radius 1 is 1.11 bits per heavy atom. The molecule has 1 amide bonds. The first-order chi connectivity index (χ1) is 17.3. The molecule has 0 radical (unpaired) electrons. The summed E-state index contributed by atoms with van der Waals surface area (Å²) < 4.78 is 47.0. The van der Waals surface area contributed by atoms with E-state index in [-0.39, 0.29) is 29.5 Å². The summed E-state index contributed by atoms with van der Waals surface area (Å²) in [5.41, 5.74) is 1.13. The van der Waals surface area contributed by atoms with Crippen molar-refractivity contribution in [1.82, 2.24) is 15.1 Å². The van der Waals surface area contributed by atoms with Gasteiger partial charge in [-0.15, -0.1) is 0 Å². The van der Waals surface area contributed by atoms with Crippen LogP contribution in [0.25, 0.3) is 0 Å². The van der Waals surface area contributed by atoms with E-state index >= 15 is 0 Å². The fraction of sp³-hybridized carbons (Fsp3) is 0.429. The highest BCUT2D eigenvalue weighted by molar-refractivity contribution is 5.95. The van der Waals surface area contributed by atoms with Crippen molar-refractivity contribution in [3.8, 4) is 5.75 Å². The quantitative estimate of drug-likeness (QED) is 0.407. The molecule has 4 rings (SSSR count). The number of ether oxygens (including phenoxy) is 1. The number of nitrogens with one attached hydrogen (secondary N) is 2. The SMILES string of the molecule is CC(C)Oc1cccc(NC(=O)[C@@H]2CC(c3ccn(C(C)(C)C)n3)[C@H](c3ccc(C(F)(F)F)cc3)N2)c1. The van der Waals surface area contributed by atoms with Crippen LogP contribution >= 0.6 is 0 Å². The Balaban J connectivity index is 1.59. The largest absolute Gasteiger partial charge is 0.491 e. The number of alkyl halides is 3. The highest BCUT2D eigenvalue weighted by Gasteiger charge is 2.41. The van der Waals surface area contributed by atoms with Gasteiger partial charge in [-0.2, -0.15) is 18.3 Å². The van der Waals surface area contributed by atoms with E-state index in [2.05, 4.69) is 10.6 Å². The molecular weight excluding hydrogens is 481 g/mol. The molecule has 9 heteroatoms. The molecule has 198 valence electrons. The number of halogens is 3. The van der Waals surface area contributed by atoms with E-state index in [1.54, 1.807) is 12.1 Å². The van der Waals surface area contributed by atoms with Crippen molar-refractivity contribution >= 4 is 11.6 Å². The first kappa shape index (κ1) is 26.7. The molecule has 6 nitrogen and oxygen atoms in total. The van der Waals surface area contributed by atoms with Crippen LogP contribution < -0.4 is 15.4 Å². The predicted octanol–water partition coefficient (Wildman–Crippen LogP) is 6.27. The van der Waals surface area contributed by atoms with Crippen molar-refractivity contribution in [2.75, 3.05) is 5.32 Å². The van der Waals surface area contributed by atoms with Gasteiger partial charge in [0.15, 0.2) is 0 Å². The minimum atomic E-state index is -4.41. The monoisotopic (exact) mass is 514 g/mol. The number of benzene rings is 2. The number of hydrogen-bond donors (Lipinski definition) is 2. The van der Waals surface area contributed by atoms with Gasteiger partial charge in [-0.25, -0.2) is 0 Å². The molecule has 0 spiro atoms. The van der Waals surface area contributed by atoms with Crippen LogP contribution in [-0.2, 0) is 16.5 Å². The number of rotatable bonds is 6. The number of aromatic nitrogens is 2. The fourth-order valence-corrected chi connectivity index (χ4v) is 4.53. The van der Waals surface area contributed by atoms with E-state index in [0.717, 1.165) is 17.8 Å². The lowest BCUT2D eigenvalue weighted by Crippen LogP contribution is -2.36. The number of anilines is 1. The Morgan fingerprint density at radius 2 is 1.81 bits per heavy atom. The molecule has 3 aromatic rings. The average molecular weight is 515 g/mol. The third-order valence-corrected chi connectivity index (χ3v) is 6.34. The van der Waals surface area contributed by atoms with Gasteiger partial charge in [0.1, 0.15) is 5.75 Å². The smallest absolute Gasteiger partial charge is 0.416 e. The van der Waals surface area contributed by atoms with Crippen molar-refractivity contribution in [3.05, 3.63) is 77.6 Å². The lowest BCUT2D eigenvalue weighted by Gasteiger charge is -2.21. The molecule has 0 aliphatic carbocycles. The lowest BCUT2D eigenvalue weighted by atomic mass is 9.90. The van der Waals surface area contributed by atoms with Gasteiger partial charge in [-0.3, -0.25) is 14.8 Å². The van der Waals surface area contributed by atoms with Crippen molar-refractivity contribution in [1.29, 1.82) is 0 Å². The molecule has 37 heavy (non-hydrogen) atoms. The predicted molar refractivity (Wildman–Crippen MR) is 137 cm³/mol. The third kappa shape index (κ3) is 6.33. The maximum Gasteiger partial charge on any atom is 0.416 e. The minimum absolute atomic E-state index is 0.000561. The van der Waals surface area contributed by atoms with Gasteiger partial charge in [0.05, 0.1) is 28.9 Å². The van der Waals surface area contributed by atoms with Gasteiger partial charge < -0.3 is 10.1 Å². The zero-order valence-corrected chi connectivity index (χ0v) is 21.6. The Hall–Kier alpha value is -3.33. The normalized spacial score (nSPS) is 20.3. The topological polar surface area (TPSA) is 68.2 Å². The Bertz CT molecular complexity index is 1230. The molecule has 1 unspecified atom stereocenters. The zero-order chi connectivity index (χ0) is 27.0. The number of carbonyl (C=O) groups excluding carboxylic acids is 1. The third-order valence-electron chi connectivity index (χ3n) is 6.34. The molecular formula is C28H33F3N4O2. The van der Waals surface area contributed by atoms with Gasteiger partial charge in [0.2, 0.25) is 5.91 Å². The van der Waals surface area contributed by atoms with Crippen LogP contribution in [0.1, 0.15) is 69.8 Å². The van der Waals surface area contributed by atoms with Crippen LogP contribution in [0, 0.1) is 0 Å². The Morgan fingerprint density at radius 3 is 2.41 bits per heavy atom. The van der Waals surface area contributed by atoms with Crippen molar-refractivity contribution < 1.29 is 22.7 Å². The molecule has 1 fully saturated rings. The van der Waals surface area contributed by atoms with Crippen LogP contribution in [-0.4, -0.2) is 27.8 Å². The molecule has 1 saturated heterocycles. The van der Waals surface area contributed by atoms with E-state index in [4.69, 9.17) is 9.84 Å². The summed E-state index contributed by atoms with van der Waals surface area (Å²) >= 11 is 0. The van der Waals surface area contributed by atoms with Gasteiger partial charge in [0, 0.05) is 29.9 Å². The van der Waals surface area contributed by atoms with Crippen LogP contribution in [0.4, 0.5) is 18.9 Å². The van der Waals surface area contributed by atoms with E-state index in [0.29, 0.717) is 23.4 Å². The first-order valence-corrected chi connectivity index (χ1v) is 12.4. The van der Waals surface area contributed by atoms with Gasteiger partial charge >= 0.3 is 6.18 Å². The van der Waals surface area contributed by atoms with E-state index in [1.807, 2.05) is 63.7 Å². The standard InChI is InChI=1S/C28H33F3N4O2/c1-17(2)37-21-8-6-7-20(15-21)32-26(36)24-16-22(23-13-14-35(34-23)27(3,4)5)25(33-24)18-9-11-19(12-10-18)28(29,30)31/h6-15,17,22,24-25,33H,16H2,1-5H3,(H,32,36)/t22?,24-,25-/m0/s1. The molecule has 0 bridgehead atoms. The molecule has 0 saturated carbocycles. The summed E-state index contributed by atoms with van der Waals surface area (Å²) in [5, 5.41) is 11.1. The van der Waals surface area contributed by atoms with Gasteiger partial charge in [0.25, 0.3) is 0 Å². The summed E-state index contributed by atoms with van der Waals surface area (Å²) in [4.78, 5) is 13.3. The van der Waals surface area contributed by atoms with E-state index < -0.39 is 17.8 Å². The summed E-state index contributed by atoms with van der Waals surface area (Å²) in [6.45, 7) is 9.97. The number of amides is 1. The summed E-state index contributed by atoms with van der Waals surface area (Å²) in [6, 6.07) is 13.3. The molecule has 3 atom stereocenters. The highest BCUT2D eigenvalue weighted by atomic mass is 19.4. The van der Waals surface area contributed by atoms with Crippen molar-refractivity contribution in [2.45, 2.75) is 76.9 Å². The average Bonchev–Trinajstić information content (AvgIpc) is 3.46. The maximum atomic E-state index is 13.3. The van der Waals surface area contributed by atoms with E-state index in [1.165, 1.54) is 12.1 Å². The Labute approximate surface area is 215 Å². The molecule has 2 heterocycles. The first-order valence-electron chi connectivity index (χ1n) is 12.4. The second-order valence-electron chi connectivity index (χ2n) is 10.7. The molecule has 2 N–H and O–H groups in total. The minimum Gasteiger partial charge on any atom is -0.491 e. The number of hydrogen-bond acceptors (Lipinski definition) is 4. The van der Waals surface area contributed by atoms with Gasteiger partial charge in [-0.1, -0.05) is 18.2 Å². The molecule has 2 aromatic carbocycles. The van der Waals surface area contributed by atoms with Gasteiger partial charge in [-0.05, 0) is 76.9 Å². The zero-order valence-electron chi connectivity index (χ0n) is 21.6. The second-order valence-corrected chi connectivity index (χ2v) is 10.7. The van der Waals surface area contributed by atoms with Crippen LogP contribution in [0.15, 0.2) is 60.8 Å². The summed E-state index contributed by atoms with van der Waals surface area (Å²) in [7, 11) is 0. The van der Waals surface area contributed by atoms with Crippen molar-refractivity contribution in [2.24, 2.45) is 0 Å². The van der Waals surface area contributed by atoms with Crippen LogP contribution in [0.5, 0.6) is 5.75 Å². The molecule has 1 aliphatic heterocycles. The fourth-order valence-electron chi connectivity index (χ4n) is 4.53. The number of nitrogens with zero attached hydrogens (tertiary/aromatic N) is 2. The van der Waals surface area contributed by atoms with Crippen molar-refractivity contribution in [3.63, 3.8) is 0 Å². The summed E-state index contributed by atoms with van der Waals surface area (Å²) in [6.07, 6.45) is -2.07. The van der Waals surface area contributed by atoms with Crippen LogP contribution in [0.2, 0.25) is 0 Å².